The third-order valence-corrected chi connectivity index (χ3v) is 6.37. The molecule has 1 unspecified atom stereocenters. The number of amides is 2. The molecular weight excluding hydrogens is 472 g/mol. The topological polar surface area (TPSA) is 146 Å². The molecule has 0 saturated carbocycles. The SMILES string of the molecule is Nc1nc2ccc(NC(=O)C(CNC(=O)c3ccc(N4CCOCC4)cc3)c3ccccc3O)cc2[nH]1. The number of para-hydroxylation sites is 1. The van der Waals surface area contributed by atoms with Crippen molar-refractivity contribution in [1.82, 2.24) is 15.3 Å². The van der Waals surface area contributed by atoms with Gasteiger partial charge in [0.15, 0.2) is 5.95 Å². The maximum absolute atomic E-state index is 13.3. The summed E-state index contributed by atoms with van der Waals surface area (Å²) in [4.78, 5) is 35.6. The number of carbonyl (C=O) groups excluding carboxylic acids is 2. The zero-order valence-corrected chi connectivity index (χ0v) is 20.1. The number of aromatic nitrogens is 2. The Balaban J connectivity index is 1.30. The van der Waals surface area contributed by atoms with Crippen molar-refractivity contribution in [2.45, 2.75) is 5.92 Å². The van der Waals surface area contributed by atoms with Crippen LogP contribution < -0.4 is 21.3 Å². The zero-order valence-electron chi connectivity index (χ0n) is 20.1. The minimum Gasteiger partial charge on any atom is -0.508 e. The lowest BCUT2D eigenvalue weighted by atomic mass is 9.96. The van der Waals surface area contributed by atoms with Gasteiger partial charge in [0.25, 0.3) is 5.91 Å². The van der Waals surface area contributed by atoms with E-state index in [0.29, 0.717) is 41.1 Å². The zero-order chi connectivity index (χ0) is 25.8. The quantitative estimate of drug-likeness (QED) is 0.262. The molecule has 1 atom stereocenters. The Bertz CT molecular complexity index is 1410. The number of aromatic amines is 1. The molecule has 37 heavy (non-hydrogen) atoms. The van der Waals surface area contributed by atoms with Crippen molar-refractivity contribution in [2.24, 2.45) is 0 Å². The highest BCUT2D eigenvalue weighted by Crippen LogP contribution is 2.27. The van der Waals surface area contributed by atoms with Crippen LogP contribution in [0.15, 0.2) is 66.7 Å². The van der Waals surface area contributed by atoms with Crippen LogP contribution in [0.5, 0.6) is 5.75 Å². The summed E-state index contributed by atoms with van der Waals surface area (Å²) >= 11 is 0. The summed E-state index contributed by atoms with van der Waals surface area (Å²) in [7, 11) is 0. The van der Waals surface area contributed by atoms with Gasteiger partial charge in [-0.1, -0.05) is 18.2 Å². The van der Waals surface area contributed by atoms with Crippen LogP contribution in [-0.2, 0) is 9.53 Å². The van der Waals surface area contributed by atoms with Crippen LogP contribution >= 0.6 is 0 Å². The van der Waals surface area contributed by atoms with Crippen LogP contribution in [0.25, 0.3) is 11.0 Å². The molecule has 0 bridgehead atoms. The van der Waals surface area contributed by atoms with Crippen molar-refractivity contribution in [3.8, 4) is 5.75 Å². The molecule has 0 aliphatic carbocycles. The minimum absolute atomic E-state index is 0.00724. The highest BCUT2D eigenvalue weighted by Gasteiger charge is 2.25. The van der Waals surface area contributed by atoms with Gasteiger partial charge in [-0.25, -0.2) is 4.98 Å². The summed E-state index contributed by atoms with van der Waals surface area (Å²) < 4.78 is 5.39. The number of H-pyrrole nitrogens is 1. The smallest absolute Gasteiger partial charge is 0.251 e. The van der Waals surface area contributed by atoms with Gasteiger partial charge in [-0.3, -0.25) is 9.59 Å². The number of hydrogen-bond donors (Lipinski definition) is 5. The number of phenolic OH excluding ortho intramolecular Hbond substituents is 1. The molecule has 2 amide bonds. The third-order valence-electron chi connectivity index (χ3n) is 6.37. The Labute approximate surface area is 213 Å². The number of nitrogens with one attached hydrogen (secondary N) is 3. The first-order valence-corrected chi connectivity index (χ1v) is 12.0. The number of aromatic hydroxyl groups is 1. The third kappa shape index (κ3) is 5.49. The first-order chi connectivity index (χ1) is 18.0. The van der Waals surface area contributed by atoms with E-state index in [2.05, 4.69) is 25.5 Å². The molecule has 1 aromatic heterocycles. The molecule has 2 heterocycles. The summed E-state index contributed by atoms with van der Waals surface area (Å²) in [5, 5.41) is 16.2. The Hall–Kier alpha value is -4.57. The van der Waals surface area contributed by atoms with E-state index in [1.807, 2.05) is 12.1 Å². The molecule has 6 N–H and O–H groups in total. The summed E-state index contributed by atoms with van der Waals surface area (Å²) in [5.41, 5.74) is 9.54. The maximum atomic E-state index is 13.3. The van der Waals surface area contributed by atoms with Crippen molar-refractivity contribution in [2.75, 3.05) is 48.8 Å². The maximum Gasteiger partial charge on any atom is 0.251 e. The van der Waals surface area contributed by atoms with Crippen LogP contribution in [-0.4, -0.2) is 59.7 Å². The second kappa shape index (κ2) is 10.6. The molecule has 1 saturated heterocycles. The number of nitrogens with two attached hydrogens (primary N) is 1. The van der Waals surface area contributed by atoms with Gasteiger partial charge in [-0.2, -0.15) is 0 Å². The Kier molecular flexibility index (Phi) is 6.91. The highest BCUT2D eigenvalue weighted by atomic mass is 16.5. The van der Waals surface area contributed by atoms with Gasteiger partial charge in [0.2, 0.25) is 5.91 Å². The number of hydrogen-bond acceptors (Lipinski definition) is 7. The standard InChI is InChI=1S/C27H28N6O4/c28-27-31-22-10-7-18(15-23(22)32-27)30-26(36)21(20-3-1-2-4-24(20)34)16-29-25(35)17-5-8-19(9-6-17)33-11-13-37-14-12-33/h1-10,15,21,34H,11-14,16H2,(H,29,35)(H,30,36)(H3,28,31,32). The normalized spacial score (nSPS) is 14.3. The molecule has 10 heteroatoms. The van der Waals surface area contributed by atoms with Gasteiger partial charge in [0.1, 0.15) is 5.75 Å². The van der Waals surface area contributed by atoms with E-state index in [-0.39, 0.29) is 30.1 Å². The Morgan fingerprint density at radius 3 is 2.59 bits per heavy atom. The molecule has 0 spiro atoms. The predicted octanol–water partition coefficient (Wildman–Crippen LogP) is 2.84. The molecule has 190 valence electrons. The molecule has 5 rings (SSSR count). The number of fused-ring (bicyclic) bond motifs is 1. The number of nitrogens with zero attached hydrogens (tertiary/aromatic N) is 2. The van der Waals surface area contributed by atoms with Crippen molar-refractivity contribution in [3.05, 3.63) is 77.9 Å². The second-order valence-corrected chi connectivity index (χ2v) is 8.81. The van der Waals surface area contributed by atoms with Crippen LogP contribution in [0.4, 0.5) is 17.3 Å². The lowest BCUT2D eigenvalue weighted by Gasteiger charge is -2.28. The van der Waals surface area contributed by atoms with Gasteiger partial charge < -0.3 is 36.1 Å². The van der Waals surface area contributed by atoms with Crippen LogP contribution in [0.2, 0.25) is 0 Å². The number of carbonyl (C=O) groups is 2. The molecule has 3 aromatic carbocycles. The van der Waals surface area contributed by atoms with E-state index in [1.54, 1.807) is 48.5 Å². The first kappa shape index (κ1) is 24.1. The largest absolute Gasteiger partial charge is 0.508 e. The second-order valence-electron chi connectivity index (χ2n) is 8.81. The monoisotopic (exact) mass is 500 g/mol. The predicted molar refractivity (Wildman–Crippen MR) is 142 cm³/mol. The van der Waals surface area contributed by atoms with Crippen LogP contribution in [0.3, 0.4) is 0 Å². The molecule has 10 nitrogen and oxygen atoms in total. The van der Waals surface area contributed by atoms with Crippen molar-refractivity contribution in [3.63, 3.8) is 0 Å². The van der Waals surface area contributed by atoms with Gasteiger partial charge in [0, 0.05) is 42.1 Å². The van der Waals surface area contributed by atoms with E-state index in [9.17, 15) is 14.7 Å². The van der Waals surface area contributed by atoms with Crippen molar-refractivity contribution in [1.29, 1.82) is 0 Å². The van der Waals surface area contributed by atoms with Gasteiger partial charge in [-0.05, 0) is 48.5 Å². The number of morpholine rings is 1. The number of benzene rings is 3. The average Bonchev–Trinajstić information content (AvgIpc) is 3.29. The van der Waals surface area contributed by atoms with Gasteiger partial charge >= 0.3 is 0 Å². The van der Waals surface area contributed by atoms with E-state index in [0.717, 1.165) is 18.8 Å². The van der Waals surface area contributed by atoms with Gasteiger partial charge in [0.05, 0.1) is 30.2 Å². The lowest BCUT2D eigenvalue weighted by Crippen LogP contribution is -2.36. The van der Waals surface area contributed by atoms with Crippen molar-refractivity contribution < 1.29 is 19.4 Å². The Morgan fingerprint density at radius 1 is 1.08 bits per heavy atom. The molecule has 4 aromatic rings. The summed E-state index contributed by atoms with van der Waals surface area (Å²) in [6, 6.07) is 19.1. The molecule has 1 aliphatic rings. The fraction of sp³-hybridized carbons (Fsp3) is 0.222. The fourth-order valence-electron chi connectivity index (χ4n) is 4.40. The van der Waals surface area contributed by atoms with E-state index >= 15 is 0 Å². The molecular formula is C27H28N6O4. The summed E-state index contributed by atoms with van der Waals surface area (Å²) in [6.45, 7) is 2.98. The molecule has 0 radical (unpaired) electrons. The van der Waals surface area contributed by atoms with E-state index in [1.165, 1.54) is 6.07 Å². The summed E-state index contributed by atoms with van der Waals surface area (Å²) in [6.07, 6.45) is 0. The number of rotatable bonds is 7. The number of ether oxygens (including phenoxy) is 1. The van der Waals surface area contributed by atoms with E-state index < -0.39 is 5.92 Å². The summed E-state index contributed by atoms with van der Waals surface area (Å²) in [5.74, 6) is -1.26. The number of imidazole rings is 1. The van der Waals surface area contributed by atoms with Gasteiger partial charge in [-0.15, -0.1) is 0 Å². The van der Waals surface area contributed by atoms with Crippen molar-refractivity contribution >= 4 is 40.2 Å². The molecule has 1 aliphatic heterocycles. The minimum atomic E-state index is -0.833. The highest BCUT2D eigenvalue weighted by molar-refractivity contribution is 5.99. The van der Waals surface area contributed by atoms with E-state index in [4.69, 9.17) is 10.5 Å². The number of nitrogen functional groups attached to an aromatic ring is 1. The van der Waals surface area contributed by atoms with Crippen LogP contribution in [0, 0.1) is 0 Å². The number of phenols is 1. The first-order valence-electron chi connectivity index (χ1n) is 12.0. The fourth-order valence-corrected chi connectivity index (χ4v) is 4.40. The lowest BCUT2D eigenvalue weighted by molar-refractivity contribution is -0.117. The molecule has 1 fully saturated rings. The Morgan fingerprint density at radius 2 is 1.84 bits per heavy atom. The number of anilines is 3. The average molecular weight is 501 g/mol. The van der Waals surface area contributed by atoms with Crippen LogP contribution in [0.1, 0.15) is 21.8 Å².